The van der Waals surface area contributed by atoms with Crippen molar-refractivity contribution in [2.24, 2.45) is 5.73 Å². The van der Waals surface area contributed by atoms with Crippen LogP contribution in [-0.2, 0) is 12.6 Å². The van der Waals surface area contributed by atoms with Crippen molar-refractivity contribution in [3.8, 4) is 11.3 Å². The van der Waals surface area contributed by atoms with Crippen LogP contribution < -0.4 is 5.73 Å². The van der Waals surface area contributed by atoms with Gasteiger partial charge in [-0.1, -0.05) is 12.1 Å². The molecule has 0 amide bonds. The highest BCUT2D eigenvalue weighted by molar-refractivity contribution is 5.65. The molecular formula is C13H14F3N3. The number of benzene rings is 1. The van der Waals surface area contributed by atoms with Crippen LogP contribution in [0.1, 0.15) is 16.8 Å². The molecule has 6 heteroatoms. The summed E-state index contributed by atoms with van der Waals surface area (Å²) in [6, 6.07) is 5.15. The van der Waals surface area contributed by atoms with Gasteiger partial charge in [-0.05, 0) is 32.0 Å². The predicted molar refractivity (Wildman–Crippen MR) is 66.5 cm³/mol. The monoisotopic (exact) mass is 269 g/mol. The highest BCUT2D eigenvalue weighted by Gasteiger charge is 2.30. The summed E-state index contributed by atoms with van der Waals surface area (Å²) in [5.41, 5.74) is 7.51. The van der Waals surface area contributed by atoms with Crippen molar-refractivity contribution in [1.82, 2.24) is 10.2 Å². The Morgan fingerprint density at radius 1 is 1.32 bits per heavy atom. The number of halogens is 3. The summed E-state index contributed by atoms with van der Waals surface area (Å²) in [6.07, 6.45) is -3.77. The minimum absolute atomic E-state index is 0.423. The standard InChI is InChI=1S/C13H14F3N3/c1-8-11(5-6-17)12(19-18-8)9-3-2-4-10(7-9)13(14,15)16/h2-4,7H,5-6,17H2,1H3,(H,18,19). The molecule has 0 fully saturated rings. The van der Waals surface area contributed by atoms with Crippen LogP contribution >= 0.6 is 0 Å². The minimum atomic E-state index is -4.35. The van der Waals surface area contributed by atoms with Gasteiger partial charge in [-0.15, -0.1) is 0 Å². The maximum atomic E-state index is 12.7. The third-order valence-corrected chi connectivity index (χ3v) is 2.93. The number of nitrogens with zero attached hydrogens (tertiary/aromatic N) is 1. The first-order valence-corrected chi connectivity index (χ1v) is 5.85. The predicted octanol–water partition coefficient (Wildman–Crippen LogP) is 2.91. The number of nitrogens with one attached hydrogen (secondary N) is 1. The molecule has 0 unspecified atom stereocenters. The molecule has 0 saturated heterocycles. The van der Waals surface area contributed by atoms with E-state index in [1.54, 1.807) is 6.07 Å². The third kappa shape index (κ3) is 2.78. The van der Waals surface area contributed by atoms with Gasteiger partial charge in [-0.3, -0.25) is 5.10 Å². The van der Waals surface area contributed by atoms with Crippen LogP contribution in [0.5, 0.6) is 0 Å². The van der Waals surface area contributed by atoms with Gasteiger partial charge in [0.05, 0.1) is 11.3 Å². The van der Waals surface area contributed by atoms with Crippen LogP contribution in [0.3, 0.4) is 0 Å². The van der Waals surface area contributed by atoms with E-state index in [1.807, 2.05) is 6.92 Å². The summed E-state index contributed by atoms with van der Waals surface area (Å²) < 4.78 is 38.1. The number of alkyl halides is 3. The quantitative estimate of drug-likeness (QED) is 0.900. The first-order chi connectivity index (χ1) is 8.93. The molecule has 0 atom stereocenters. The first-order valence-electron chi connectivity index (χ1n) is 5.85. The average molecular weight is 269 g/mol. The Hall–Kier alpha value is -1.82. The van der Waals surface area contributed by atoms with Gasteiger partial charge >= 0.3 is 6.18 Å². The number of nitrogens with two attached hydrogens (primary N) is 1. The van der Waals surface area contributed by atoms with Gasteiger partial charge in [0.25, 0.3) is 0 Å². The van der Waals surface area contributed by atoms with Gasteiger partial charge in [-0.2, -0.15) is 18.3 Å². The highest BCUT2D eigenvalue weighted by atomic mass is 19.4. The molecule has 0 aliphatic heterocycles. The van der Waals surface area contributed by atoms with Gasteiger partial charge in [0.1, 0.15) is 0 Å². The zero-order valence-electron chi connectivity index (χ0n) is 10.4. The van der Waals surface area contributed by atoms with E-state index < -0.39 is 11.7 Å². The van der Waals surface area contributed by atoms with E-state index in [9.17, 15) is 13.2 Å². The number of H-pyrrole nitrogens is 1. The molecule has 0 aliphatic carbocycles. The lowest BCUT2D eigenvalue weighted by atomic mass is 10.0. The molecule has 1 aromatic heterocycles. The molecule has 0 aliphatic rings. The third-order valence-electron chi connectivity index (χ3n) is 2.93. The van der Waals surface area contributed by atoms with Crippen molar-refractivity contribution in [3.05, 3.63) is 41.1 Å². The topological polar surface area (TPSA) is 54.7 Å². The van der Waals surface area contributed by atoms with Crippen LogP contribution in [0.15, 0.2) is 24.3 Å². The molecule has 2 aromatic rings. The van der Waals surface area contributed by atoms with Gasteiger partial charge in [0, 0.05) is 16.8 Å². The molecule has 0 spiro atoms. The smallest absolute Gasteiger partial charge is 0.330 e. The molecule has 1 heterocycles. The number of aromatic amines is 1. The largest absolute Gasteiger partial charge is 0.416 e. The number of hydrogen-bond acceptors (Lipinski definition) is 2. The van der Waals surface area contributed by atoms with Crippen LogP contribution in [0, 0.1) is 6.92 Å². The lowest BCUT2D eigenvalue weighted by Crippen LogP contribution is -2.06. The van der Waals surface area contributed by atoms with E-state index in [4.69, 9.17) is 5.73 Å². The maximum Gasteiger partial charge on any atom is 0.416 e. The zero-order chi connectivity index (χ0) is 14.0. The zero-order valence-corrected chi connectivity index (χ0v) is 10.4. The SMILES string of the molecule is Cc1[nH]nc(-c2cccc(C(F)(F)F)c2)c1CCN. The van der Waals surface area contributed by atoms with E-state index in [-0.39, 0.29) is 0 Å². The molecule has 2 rings (SSSR count). The van der Waals surface area contributed by atoms with Crippen LogP contribution in [0.2, 0.25) is 0 Å². The molecule has 3 N–H and O–H groups in total. The summed E-state index contributed by atoms with van der Waals surface area (Å²) in [5, 5.41) is 6.87. The Morgan fingerprint density at radius 2 is 2.05 bits per heavy atom. The number of aryl methyl sites for hydroxylation is 1. The van der Waals surface area contributed by atoms with Crippen molar-refractivity contribution >= 4 is 0 Å². The molecule has 1 aromatic carbocycles. The minimum Gasteiger partial charge on any atom is -0.330 e. The normalized spacial score (nSPS) is 11.8. The molecule has 19 heavy (non-hydrogen) atoms. The lowest BCUT2D eigenvalue weighted by molar-refractivity contribution is -0.137. The molecule has 0 bridgehead atoms. The number of hydrogen-bond donors (Lipinski definition) is 2. The fraction of sp³-hybridized carbons (Fsp3) is 0.308. The Balaban J connectivity index is 2.48. The van der Waals surface area contributed by atoms with Gasteiger partial charge in [0.15, 0.2) is 0 Å². The summed E-state index contributed by atoms with van der Waals surface area (Å²) in [6.45, 7) is 2.25. The second-order valence-electron chi connectivity index (χ2n) is 4.29. The molecule has 102 valence electrons. The number of rotatable bonds is 3. The van der Waals surface area contributed by atoms with Gasteiger partial charge in [-0.25, -0.2) is 0 Å². The van der Waals surface area contributed by atoms with Gasteiger partial charge in [0.2, 0.25) is 0 Å². The Labute approximate surface area is 108 Å². The molecule has 3 nitrogen and oxygen atoms in total. The van der Waals surface area contributed by atoms with Crippen LogP contribution in [0.4, 0.5) is 13.2 Å². The van der Waals surface area contributed by atoms with Gasteiger partial charge < -0.3 is 5.73 Å². The van der Waals surface area contributed by atoms with Crippen molar-refractivity contribution in [3.63, 3.8) is 0 Å². The van der Waals surface area contributed by atoms with E-state index in [2.05, 4.69) is 10.2 Å². The van der Waals surface area contributed by atoms with Crippen LogP contribution in [-0.4, -0.2) is 16.7 Å². The molecular weight excluding hydrogens is 255 g/mol. The fourth-order valence-corrected chi connectivity index (χ4v) is 1.98. The Morgan fingerprint density at radius 3 is 2.68 bits per heavy atom. The van der Waals surface area contributed by atoms with E-state index in [0.717, 1.165) is 23.4 Å². The Kier molecular flexibility index (Phi) is 3.61. The molecule has 0 saturated carbocycles. The van der Waals surface area contributed by atoms with Crippen molar-refractivity contribution in [1.29, 1.82) is 0 Å². The highest BCUT2D eigenvalue weighted by Crippen LogP contribution is 2.32. The fourth-order valence-electron chi connectivity index (χ4n) is 1.98. The Bertz CT molecular complexity index is 573. The van der Waals surface area contributed by atoms with Crippen molar-refractivity contribution in [2.45, 2.75) is 19.5 Å². The first kappa shape index (κ1) is 13.6. The number of aromatic nitrogens is 2. The lowest BCUT2D eigenvalue weighted by Gasteiger charge is -2.08. The summed E-state index contributed by atoms with van der Waals surface area (Å²) in [7, 11) is 0. The summed E-state index contributed by atoms with van der Waals surface area (Å²) in [5.74, 6) is 0. The second kappa shape index (κ2) is 5.05. The summed E-state index contributed by atoms with van der Waals surface area (Å²) in [4.78, 5) is 0. The average Bonchev–Trinajstić information content (AvgIpc) is 2.71. The maximum absolute atomic E-state index is 12.7. The van der Waals surface area contributed by atoms with E-state index in [1.165, 1.54) is 6.07 Å². The molecule has 0 radical (unpaired) electrons. The van der Waals surface area contributed by atoms with Crippen molar-refractivity contribution < 1.29 is 13.2 Å². The van der Waals surface area contributed by atoms with Crippen molar-refractivity contribution in [2.75, 3.05) is 6.54 Å². The second-order valence-corrected chi connectivity index (χ2v) is 4.29. The van der Waals surface area contributed by atoms with Crippen LogP contribution in [0.25, 0.3) is 11.3 Å². The van der Waals surface area contributed by atoms with E-state index >= 15 is 0 Å². The summed E-state index contributed by atoms with van der Waals surface area (Å²) >= 11 is 0. The van der Waals surface area contributed by atoms with E-state index in [0.29, 0.717) is 24.2 Å².